The van der Waals surface area contributed by atoms with E-state index < -0.39 is 10.1 Å². The molecule has 0 saturated heterocycles. The molecule has 0 fully saturated rings. The van der Waals surface area contributed by atoms with Crippen LogP contribution in [0.3, 0.4) is 0 Å². The van der Waals surface area contributed by atoms with Gasteiger partial charge < -0.3 is 0 Å². The van der Waals surface area contributed by atoms with Crippen LogP contribution in [0.2, 0.25) is 0 Å². The SMILES string of the molecule is CC(C)CCCCCCCCOS(C)(=O)=O. The van der Waals surface area contributed by atoms with Crippen LogP contribution in [-0.2, 0) is 14.3 Å². The molecule has 3 nitrogen and oxygen atoms in total. The first-order chi connectivity index (χ1) is 7.42. The molecule has 0 bridgehead atoms. The zero-order valence-electron chi connectivity index (χ0n) is 10.9. The van der Waals surface area contributed by atoms with Crippen molar-refractivity contribution in [3.8, 4) is 0 Å². The maximum Gasteiger partial charge on any atom is 0.264 e. The zero-order valence-corrected chi connectivity index (χ0v) is 11.7. The summed E-state index contributed by atoms with van der Waals surface area (Å²) in [7, 11) is -3.24. The number of hydrogen-bond donors (Lipinski definition) is 0. The van der Waals surface area contributed by atoms with Gasteiger partial charge in [-0.1, -0.05) is 52.4 Å². The van der Waals surface area contributed by atoms with Crippen molar-refractivity contribution in [1.29, 1.82) is 0 Å². The molecule has 0 aliphatic carbocycles. The Morgan fingerprint density at radius 2 is 1.44 bits per heavy atom. The molecule has 0 aliphatic rings. The van der Waals surface area contributed by atoms with Crippen LogP contribution < -0.4 is 0 Å². The molecule has 16 heavy (non-hydrogen) atoms. The summed E-state index contributed by atoms with van der Waals surface area (Å²) < 4.78 is 26.0. The van der Waals surface area contributed by atoms with Gasteiger partial charge in [0.15, 0.2) is 0 Å². The van der Waals surface area contributed by atoms with Crippen LogP contribution in [0.15, 0.2) is 0 Å². The summed E-state index contributed by atoms with van der Waals surface area (Å²) in [5.41, 5.74) is 0. The minimum atomic E-state index is -3.24. The highest BCUT2D eigenvalue weighted by Gasteiger charge is 2.00. The standard InChI is InChI=1S/C12H26O3S/c1-12(2)10-8-6-4-5-7-9-11-15-16(3,13)14/h12H,4-11H2,1-3H3. The molecule has 0 heterocycles. The lowest BCUT2D eigenvalue weighted by molar-refractivity contribution is 0.309. The van der Waals surface area contributed by atoms with Crippen LogP contribution in [-0.4, -0.2) is 21.3 Å². The predicted octanol–water partition coefficient (Wildman–Crippen LogP) is 3.35. The highest BCUT2D eigenvalue weighted by molar-refractivity contribution is 7.85. The van der Waals surface area contributed by atoms with Crippen molar-refractivity contribution < 1.29 is 12.6 Å². The van der Waals surface area contributed by atoms with Gasteiger partial charge in [-0.25, -0.2) is 0 Å². The first-order valence-corrected chi connectivity index (χ1v) is 8.08. The summed E-state index contributed by atoms with van der Waals surface area (Å²) in [6, 6.07) is 0. The first-order valence-electron chi connectivity index (χ1n) is 6.26. The zero-order chi connectivity index (χ0) is 12.4. The second-order valence-electron chi connectivity index (χ2n) is 4.83. The van der Waals surface area contributed by atoms with Crippen molar-refractivity contribution in [2.24, 2.45) is 5.92 Å². The molecule has 0 atom stereocenters. The summed E-state index contributed by atoms with van der Waals surface area (Å²) in [4.78, 5) is 0. The Morgan fingerprint density at radius 3 is 1.94 bits per heavy atom. The Bertz CT molecular complexity index is 245. The summed E-state index contributed by atoms with van der Waals surface area (Å²) in [6.45, 7) is 4.84. The van der Waals surface area contributed by atoms with Crippen molar-refractivity contribution in [2.45, 2.75) is 58.8 Å². The van der Waals surface area contributed by atoms with E-state index in [9.17, 15) is 8.42 Å². The van der Waals surface area contributed by atoms with E-state index in [-0.39, 0.29) is 0 Å². The van der Waals surface area contributed by atoms with Crippen molar-refractivity contribution in [3.05, 3.63) is 0 Å². The van der Waals surface area contributed by atoms with E-state index in [0.717, 1.165) is 25.0 Å². The normalized spacial score (nSPS) is 12.2. The van der Waals surface area contributed by atoms with Gasteiger partial charge in [0, 0.05) is 0 Å². The van der Waals surface area contributed by atoms with Gasteiger partial charge in [0.05, 0.1) is 12.9 Å². The fraction of sp³-hybridized carbons (Fsp3) is 1.00. The second-order valence-corrected chi connectivity index (χ2v) is 6.47. The number of unbranched alkanes of at least 4 members (excludes halogenated alkanes) is 5. The van der Waals surface area contributed by atoms with E-state index in [0.29, 0.717) is 6.61 Å². The maximum atomic E-state index is 10.6. The molecule has 0 aromatic rings. The Balaban J connectivity index is 3.10. The van der Waals surface area contributed by atoms with Crippen LogP contribution >= 0.6 is 0 Å². The van der Waals surface area contributed by atoms with Crippen LogP contribution in [0.1, 0.15) is 58.8 Å². The van der Waals surface area contributed by atoms with Crippen LogP contribution in [0.25, 0.3) is 0 Å². The molecular formula is C12H26O3S. The Hall–Kier alpha value is -0.0900. The van der Waals surface area contributed by atoms with Crippen molar-refractivity contribution in [1.82, 2.24) is 0 Å². The smallest absolute Gasteiger partial charge is 0.264 e. The average Bonchev–Trinajstić information content (AvgIpc) is 2.13. The monoisotopic (exact) mass is 250 g/mol. The van der Waals surface area contributed by atoms with Crippen LogP contribution in [0.4, 0.5) is 0 Å². The van der Waals surface area contributed by atoms with E-state index in [2.05, 4.69) is 18.0 Å². The summed E-state index contributed by atoms with van der Waals surface area (Å²) in [5, 5.41) is 0. The van der Waals surface area contributed by atoms with Crippen LogP contribution in [0, 0.1) is 5.92 Å². The minimum absolute atomic E-state index is 0.338. The molecule has 0 aliphatic heterocycles. The number of hydrogen-bond acceptors (Lipinski definition) is 3. The van der Waals surface area contributed by atoms with E-state index in [1.165, 1.54) is 32.1 Å². The molecule has 0 saturated carbocycles. The van der Waals surface area contributed by atoms with E-state index in [4.69, 9.17) is 0 Å². The average molecular weight is 250 g/mol. The Labute approximate surface area is 101 Å². The van der Waals surface area contributed by atoms with Crippen molar-refractivity contribution in [2.75, 3.05) is 12.9 Å². The molecule has 0 spiro atoms. The van der Waals surface area contributed by atoms with E-state index in [1.54, 1.807) is 0 Å². The third kappa shape index (κ3) is 13.9. The molecule has 0 radical (unpaired) electrons. The van der Waals surface area contributed by atoms with E-state index in [1.807, 2.05) is 0 Å². The summed E-state index contributed by atoms with van der Waals surface area (Å²) in [5.74, 6) is 0.808. The second kappa shape index (κ2) is 8.99. The van der Waals surface area contributed by atoms with Crippen LogP contribution in [0.5, 0.6) is 0 Å². The lowest BCUT2D eigenvalue weighted by Gasteiger charge is -2.04. The van der Waals surface area contributed by atoms with Gasteiger partial charge in [0.25, 0.3) is 10.1 Å². The Morgan fingerprint density at radius 1 is 0.938 bits per heavy atom. The summed E-state index contributed by atoms with van der Waals surface area (Å²) >= 11 is 0. The third-order valence-electron chi connectivity index (χ3n) is 2.47. The molecule has 98 valence electrons. The van der Waals surface area contributed by atoms with Gasteiger partial charge >= 0.3 is 0 Å². The molecule has 0 N–H and O–H groups in total. The molecule has 0 amide bonds. The van der Waals surface area contributed by atoms with Gasteiger partial charge in [-0.15, -0.1) is 0 Å². The van der Waals surface area contributed by atoms with Crippen molar-refractivity contribution >= 4 is 10.1 Å². The molecular weight excluding hydrogens is 224 g/mol. The topological polar surface area (TPSA) is 43.4 Å². The number of rotatable bonds is 10. The molecule has 0 aromatic heterocycles. The molecule has 0 rings (SSSR count). The lowest BCUT2D eigenvalue weighted by atomic mass is 10.0. The van der Waals surface area contributed by atoms with E-state index >= 15 is 0 Å². The van der Waals surface area contributed by atoms with Gasteiger partial charge in [-0.2, -0.15) is 8.42 Å². The fourth-order valence-corrected chi connectivity index (χ4v) is 1.99. The quantitative estimate of drug-likeness (QED) is 0.441. The maximum absolute atomic E-state index is 10.6. The molecule has 0 unspecified atom stereocenters. The summed E-state index contributed by atoms with van der Waals surface area (Å²) in [6.07, 6.45) is 9.38. The lowest BCUT2D eigenvalue weighted by Crippen LogP contribution is -2.03. The minimum Gasteiger partial charge on any atom is -0.270 e. The highest BCUT2D eigenvalue weighted by atomic mass is 32.2. The fourth-order valence-electron chi connectivity index (χ4n) is 1.57. The third-order valence-corrected chi connectivity index (χ3v) is 3.07. The van der Waals surface area contributed by atoms with Gasteiger partial charge in [-0.05, 0) is 12.3 Å². The first kappa shape index (κ1) is 15.9. The van der Waals surface area contributed by atoms with Gasteiger partial charge in [0.1, 0.15) is 0 Å². The van der Waals surface area contributed by atoms with Gasteiger partial charge in [-0.3, -0.25) is 4.18 Å². The molecule has 0 aromatic carbocycles. The highest BCUT2D eigenvalue weighted by Crippen LogP contribution is 2.11. The van der Waals surface area contributed by atoms with Crippen molar-refractivity contribution in [3.63, 3.8) is 0 Å². The van der Waals surface area contributed by atoms with Gasteiger partial charge in [0.2, 0.25) is 0 Å². The predicted molar refractivity (Wildman–Crippen MR) is 68.0 cm³/mol. The molecule has 4 heteroatoms. The largest absolute Gasteiger partial charge is 0.270 e. The Kier molecular flexibility index (Phi) is 8.94.